The second kappa shape index (κ2) is 8.73. The second-order valence-electron chi connectivity index (χ2n) is 6.57. The molecule has 156 valence electrons. The van der Waals surface area contributed by atoms with Crippen molar-refractivity contribution >= 4 is 51.7 Å². The minimum atomic E-state index is -0.761. The molecule has 0 atom stereocenters. The lowest BCUT2D eigenvalue weighted by Gasteiger charge is -2.17. The summed E-state index contributed by atoms with van der Waals surface area (Å²) in [4.78, 5) is 52.5. The molecule has 0 aliphatic rings. The zero-order valence-electron chi connectivity index (χ0n) is 16.2. The Kier molecular flexibility index (Phi) is 6.28. The third-order valence-corrected chi connectivity index (χ3v) is 5.21. The van der Waals surface area contributed by atoms with E-state index in [2.05, 4.69) is 10.3 Å². The number of fused-ring (bicyclic) bond motifs is 1. The Morgan fingerprint density at radius 1 is 1.10 bits per heavy atom. The van der Waals surface area contributed by atoms with Crippen LogP contribution in [0.2, 0.25) is 10.0 Å². The van der Waals surface area contributed by atoms with Crippen LogP contribution in [0.4, 0.5) is 5.69 Å². The number of hydrogen-bond acceptors (Lipinski definition) is 4. The van der Waals surface area contributed by atoms with E-state index < -0.39 is 22.9 Å². The number of halogens is 2. The van der Waals surface area contributed by atoms with Gasteiger partial charge >= 0.3 is 11.1 Å². The molecule has 10 heteroatoms. The topological polar surface area (TPSA) is 104 Å². The molecule has 30 heavy (non-hydrogen) atoms. The molecule has 2 amide bonds. The number of H-pyrrole nitrogens is 1. The number of amides is 2. The molecular formula is C20H18Cl2N4O4. The van der Waals surface area contributed by atoms with Crippen molar-refractivity contribution in [1.29, 1.82) is 0 Å². The van der Waals surface area contributed by atoms with Crippen LogP contribution in [0.5, 0.6) is 0 Å². The van der Waals surface area contributed by atoms with E-state index in [9.17, 15) is 19.2 Å². The third-order valence-electron chi connectivity index (χ3n) is 4.47. The number of benzene rings is 2. The molecule has 1 aromatic heterocycles. The van der Waals surface area contributed by atoms with E-state index in [1.165, 1.54) is 28.6 Å². The summed E-state index contributed by atoms with van der Waals surface area (Å²) in [5.74, 6) is -0.838. The molecule has 0 unspecified atom stereocenters. The summed E-state index contributed by atoms with van der Waals surface area (Å²) >= 11 is 11.8. The number of carbonyl (C=O) groups excluding carboxylic acids is 2. The lowest BCUT2D eigenvalue weighted by atomic mass is 10.1. The summed E-state index contributed by atoms with van der Waals surface area (Å²) in [6.07, 6.45) is 0. The SMILES string of the molecule is CCn1c(=O)c(=O)[nH]c2cc(C(=O)N(C)CC(=O)Nc3ccc(Cl)c(Cl)c3)ccc21. The normalized spacial score (nSPS) is 10.8. The Labute approximate surface area is 181 Å². The van der Waals surface area contributed by atoms with Crippen molar-refractivity contribution in [2.45, 2.75) is 13.5 Å². The maximum atomic E-state index is 12.7. The molecular weight excluding hydrogens is 431 g/mol. The third kappa shape index (κ3) is 4.39. The maximum Gasteiger partial charge on any atom is 0.316 e. The van der Waals surface area contributed by atoms with Gasteiger partial charge in [0.15, 0.2) is 0 Å². The highest BCUT2D eigenvalue weighted by Crippen LogP contribution is 2.25. The fourth-order valence-corrected chi connectivity index (χ4v) is 3.31. The molecule has 8 nitrogen and oxygen atoms in total. The number of nitrogens with one attached hydrogen (secondary N) is 2. The van der Waals surface area contributed by atoms with E-state index in [4.69, 9.17) is 23.2 Å². The molecule has 0 saturated heterocycles. The first kappa shape index (κ1) is 21.6. The molecule has 3 aromatic rings. The van der Waals surface area contributed by atoms with Gasteiger partial charge in [0.25, 0.3) is 5.91 Å². The van der Waals surface area contributed by atoms with Crippen LogP contribution >= 0.6 is 23.2 Å². The fourth-order valence-electron chi connectivity index (χ4n) is 3.01. The van der Waals surface area contributed by atoms with Crippen molar-refractivity contribution in [3.8, 4) is 0 Å². The number of aromatic nitrogens is 2. The summed E-state index contributed by atoms with van der Waals surface area (Å²) in [7, 11) is 1.48. The smallest absolute Gasteiger partial charge is 0.316 e. The predicted octanol–water partition coefficient (Wildman–Crippen LogP) is 2.73. The number of aryl methyl sites for hydroxylation is 1. The van der Waals surface area contributed by atoms with Crippen molar-refractivity contribution in [1.82, 2.24) is 14.5 Å². The van der Waals surface area contributed by atoms with Crippen LogP contribution in [0.25, 0.3) is 11.0 Å². The lowest BCUT2D eigenvalue weighted by Crippen LogP contribution is -2.36. The van der Waals surface area contributed by atoms with Crippen LogP contribution < -0.4 is 16.4 Å². The summed E-state index contributed by atoms with van der Waals surface area (Å²) < 4.78 is 1.33. The van der Waals surface area contributed by atoms with Crippen molar-refractivity contribution < 1.29 is 9.59 Å². The average molecular weight is 449 g/mol. The van der Waals surface area contributed by atoms with E-state index >= 15 is 0 Å². The Balaban J connectivity index is 1.78. The van der Waals surface area contributed by atoms with Gasteiger partial charge in [-0.1, -0.05) is 23.2 Å². The zero-order chi connectivity index (χ0) is 22.0. The first-order chi connectivity index (χ1) is 14.2. The van der Waals surface area contributed by atoms with E-state index in [-0.39, 0.29) is 12.1 Å². The van der Waals surface area contributed by atoms with Gasteiger partial charge in [-0.2, -0.15) is 0 Å². The van der Waals surface area contributed by atoms with Gasteiger partial charge in [-0.05, 0) is 43.3 Å². The first-order valence-electron chi connectivity index (χ1n) is 8.98. The van der Waals surface area contributed by atoms with Gasteiger partial charge in [-0.15, -0.1) is 0 Å². The monoisotopic (exact) mass is 448 g/mol. The van der Waals surface area contributed by atoms with Crippen molar-refractivity contribution in [3.05, 3.63) is 72.7 Å². The van der Waals surface area contributed by atoms with Crippen molar-refractivity contribution in [3.63, 3.8) is 0 Å². The molecule has 0 fully saturated rings. The Bertz CT molecular complexity index is 1270. The number of anilines is 1. The molecule has 0 aliphatic carbocycles. The van der Waals surface area contributed by atoms with Gasteiger partial charge in [0.1, 0.15) is 0 Å². The maximum absolute atomic E-state index is 12.7. The van der Waals surface area contributed by atoms with Gasteiger partial charge in [-0.25, -0.2) is 0 Å². The molecule has 2 aromatic carbocycles. The number of aromatic amines is 1. The number of rotatable bonds is 5. The van der Waals surface area contributed by atoms with Gasteiger partial charge in [-0.3, -0.25) is 19.2 Å². The number of hydrogen-bond donors (Lipinski definition) is 2. The molecule has 0 spiro atoms. The summed E-state index contributed by atoms with van der Waals surface area (Å²) in [5.41, 5.74) is 0.184. The van der Waals surface area contributed by atoms with Crippen LogP contribution in [0.3, 0.4) is 0 Å². The van der Waals surface area contributed by atoms with Gasteiger partial charge in [0.2, 0.25) is 5.91 Å². The highest BCUT2D eigenvalue weighted by atomic mass is 35.5. The van der Waals surface area contributed by atoms with Crippen molar-refractivity contribution in [2.75, 3.05) is 18.9 Å². The molecule has 3 rings (SSSR count). The molecule has 0 saturated carbocycles. The fraction of sp³-hybridized carbons (Fsp3) is 0.200. The van der Waals surface area contributed by atoms with Crippen LogP contribution in [0, 0.1) is 0 Å². The number of carbonyl (C=O) groups is 2. The molecule has 0 radical (unpaired) electrons. The lowest BCUT2D eigenvalue weighted by molar-refractivity contribution is -0.116. The largest absolute Gasteiger partial charge is 0.332 e. The predicted molar refractivity (Wildman–Crippen MR) is 117 cm³/mol. The van der Waals surface area contributed by atoms with Crippen LogP contribution in [-0.4, -0.2) is 39.9 Å². The van der Waals surface area contributed by atoms with Gasteiger partial charge < -0.3 is 19.8 Å². The Hall–Kier alpha value is -3.10. The molecule has 0 bridgehead atoms. The molecule has 0 aliphatic heterocycles. The van der Waals surface area contributed by atoms with E-state index in [0.29, 0.717) is 33.3 Å². The Morgan fingerprint density at radius 3 is 2.50 bits per heavy atom. The number of nitrogens with zero attached hydrogens (tertiary/aromatic N) is 2. The van der Waals surface area contributed by atoms with Gasteiger partial charge in [0.05, 0.1) is 27.6 Å². The minimum absolute atomic E-state index is 0.206. The summed E-state index contributed by atoms with van der Waals surface area (Å²) in [6, 6.07) is 9.28. The average Bonchev–Trinajstić information content (AvgIpc) is 2.70. The molecule has 2 N–H and O–H groups in total. The van der Waals surface area contributed by atoms with E-state index in [0.717, 1.165) is 0 Å². The van der Waals surface area contributed by atoms with Crippen LogP contribution in [0.1, 0.15) is 17.3 Å². The summed E-state index contributed by atoms with van der Waals surface area (Å²) in [5, 5.41) is 3.31. The highest BCUT2D eigenvalue weighted by Gasteiger charge is 2.17. The molecule has 1 heterocycles. The van der Waals surface area contributed by atoms with Crippen LogP contribution in [-0.2, 0) is 11.3 Å². The highest BCUT2D eigenvalue weighted by molar-refractivity contribution is 6.42. The van der Waals surface area contributed by atoms with Crippen molar-refractivity contribution in [2.24, 2.45) is 0 Å². The number of likely N-dealkylation sites (N-methyl/N-ethyl adjacent to an activating group) is 1. The van der Waals surface area contributed by atoms with Crippen LogP contribution in [0.15, 0.2) is 46.0 Å². The first-order valence-corrected chi connectivity index (χ1v) is 9.74. The second-order valence-corrected chi connectivity index (χ2v) is 7.39. The van der Waals surface area contributed by atoms with E-state index in [1.807, 2.05) is 0 Å². The minimum Gasteiger partial charge on any atom is -0.332 e. The standard InChI is InChI=1S/C20H18Cl2N4O4/c1-3-26-16-7-4-11(8-15(16)24-18(28)20(26)30)19(29)25(2)10-17(27)23-12-5-6-13(21)14(22)9-12/h4-9H,3,10H2,1-2H3,(H,23,27)(H,24,28). The zero-order valence-corrected chi connectivity index (χ0v) is 17.7. The quantitative estimate of drug-likeness (QED) is 0.585. The summed E-state index contributed by atoms with van der Waals surface area (Å²) in [6.45, 7) is 1.86. The van der Waals surface area contributed by atoms with E-state index in [1.54, 1.807) is 31.2 Å². The Morgan fingerprint density at radius 2 is 1.83 bits per heavy atom. The van der Waals surface area contributed by atoms with Gasteiger partial charge in [0, 0.05) is 24.8 Å².